The molecule has 2 heterocycles. The quantitative estimate of drug-likeness (QED) is 0.831. The van der Waals surface area contributed by atoms with Crippen molar-refractivity contribution in [1.82, 2.24) is 14.7 Å². The number of likely N-dealkylation sites (N-methyl/N-ethyl adjacent to an activating group) is 1. The zero-order valence-electron chi connectivity index (χ0n) is 12.0. The van der Waals surface area contributed by atoms with E-state index >= 15 is 0 Å². The summed E-state index contributed by atoms with van der Waals surface area (Å²) in [7, 11) is 0.611. The first-order valence-electron chi connectivity index (χ1n) is 6.48. The standard InChI is InChI=1S/C12H20N4O3S/c1-9-6-11(16(3)14-9)13-12(17)7-15(2)10-4-5-20(18,19)8-10/h6,10H,4-5,7-8H2,1-3H3,(H,13,17)/t10-/m1/s1. The Balaban J connectivity index is 1.90. The molecule has 7 nitrogen and oxygen atoms in total. The second kappa shape index (κ2) is 5.53. The molecule has 1 aliphatic rings. The monoisotopic (exact) mass is 300 g/mol. The molecule has 0 radical (unpaired) electrons. The highest BCUT2D eigenvalue weighted by molar-refractivity contribution is 7.91. The number of carbonyl (C=O) groups excluding carboxylic acids is 1. The summed E-state index contributed by atoms with van der Waals surface area (Å²) in [5.41, 5.74) is 0.832. The van der Waals surface area contributed by atoms with Crippen LogP contribution in [0.2, 0.25) is 0 Å². The van der Waals surface area contributed by atoms with E-state index in [2.05, 4.69) is 10.4 Å². The molecule has 1 atom stereocenters. The number of hydrogen-bond acceptors (Lipinski definition) is 5. The highest BCUT2D eigenvalue weighted by Gasteiger charge is 2.31. The molecule has 1 aliphatic heterocycles. The fourth-order valence-electron chi connectivity index (χ4n) is 2.39. The molecule has 0 spiro atoms. The van der Waals surface area contributed by atoms with Gasteiger partial charge in [-0.25, -0.2) is 8.42 Å². The first-order chi connectivity index (χ1) is 9.27. The molecule has 1 saturated heterocycles. The zero-order chi connectivity index (χ0) is 14.9. The van der Waals surface area contributed by atoms with Gasteiger partial charge in [-0.1, -0.05) is 0 Å². The minimum atomic E-state index is -2.93. The molecular weight excluding hydrogens is 280 g/mol. The largest absolute Gasteiger partial charge is 0.310 e. The number of nitrogens with one attached hydrogen (secondary N) is 1. The highest BCUT2D eigenvalue weighted by atomic mass is 32.2. The van der Waals surface area contributed by atoms with Gasteiger partial charge >= 0.3 is 0 Å². The van der Waals surface area contributed by atoms with Crippen LogP contribution >= 0.6 is 0 Å². The van der Waals surface area contributed by atoms with Crippen molar-refractivity contribution in [3.8, 4) is 0 Å². The molecule has 0 aromatic carbocycles. The first-order valence-corrected chi connectivity index (χ1v) is 8.30. The van der Waals surface area contributed by atoms with Crippen LogP contribution in [0.1, 0.15) is 12.1 Å². The van der Waals surface area contributed by atoms with Crippen molar-refractivity contribution in [2.75, 3.05) is 30.4 Å². The van der Waals surface area contributed by atoms with E-state index in [9.17, 15) is 13.2 Å². The number of aryl methyl sites for hydroxylation is 2. The molecule has 0 saturated carbocycles. The number of nitrogens with zero attached hydrogens (tertiary/aromatic N) is 3. The predicted molar refractivity (Wildman–Crippen MR) is 76.3 cm³/mol. The highest BCUT2D eigenvalue weighted by Crippen LogP contribution is 2.16. The van der Waals surface area contributed by atoms with Crippen molar-refractivity contribution in [2.24, 2.45) is 7.05 Å². The normalized spacial score (nSPS) is 21.3. The molecule has 1 aromatic rings. The van der Waals surface area contributed by atoms with Crippen LogP contribution < -0.4 is 5.32 Å². The van der Waals surface area contributed by atoms with Gasteiger partial charge < -0.3 is 5.32 Å². The molecule has 0 bridgehead atoms. The summed E-state index contributed by atoms with van der Waals surface area (Å²) < 4.78 is 24.5. The molecule has 1 N–H and O–H groups in total. The molecule has 112 valence electrons. The lowest BCUT2D eigenvalue weighted by Gasteiger charge is -2.22. The van der Waals surface area contributed by atoms with Gasteiger partial charge in [0.1, 0.15) is 5.82 Å². The van der Waals surface area contributed by atoms with Gasteiger partial charge in [0.2, 0.25) is 5.91 Å². The minimum absolute atomic E-state index is 0.0703. The topological polar surface area (TPSA) is 84.3 Å². The Morgan fingerprint density at radius 3 is 2.80 bits per heavy atom. The zero-order valence-corrected chi connectivity index (χ0v) is 12.8. The third kappa shape index (κ3) is 3.57. The van der Waals surface area contributed by atoms with Crippen LogP contribution in [-0.4, -0.2) is 60.1 Å². The number of hydrogen-bond donors (Lipinski definition) is 1. The Labute approximate surface area is 118 Å². The second-order valence-electron chi connectivity index (χ2n) is 5.31. The van der Waals surface area contributed by atoms with Crippen LogP contribution in [0.5, 0.6) is 0 Å². The number of sulfone groups is 1. The summed E-state index contributed by atoms with van der Waals surface area (Å²) in [6.45, 7) is 2.02. The van der Waals surface area contributed by atoms with E-state index in [1.165, 1.54) is 0 Å². The number of rotatable bonds is 4. The Bertz CT molecular complexity index is 608. The minimum Gasteiger partial charge on any atom is -0.310 e. The van der Waals surface area contributed by atoms with Crippen molar-refractivity contribution >= 4 is 21.6 Å². The van der Waals surface area contributed by atoms with Crippen molar-refractivity contribution in [2.45, 2.75) is 19.4 Å². The van der Waals surface area contributed by atoms with Crippen molar-refractivity contribution in [3.05, 3.63) is 11.8 Å². The maximum Gasteiger partial charge on any atom is 0.239 e. The average molecular weight is 300 g/mol. The van der Waals surface area contributed by atoms with Gasteiger partial charge in [-0.15, -0.1) is 0 Å². The summed E-state index contributed by atoms with van der Waals surface area (Å²) >= 11 is 0. The van der Waals surface area contributed by atoms with Crippen LogP contribution in [0.15, 0.2) is 6.07 Å². The predicted octanol–water partition coefficient (Wildman–Crippen LogP) is -0.214. The van der Waals surface area contributed by atoms with E-state index in [0.29, 0.717) is 12.2 Å². The third-order valence-electron chi connectivity index (χ3n) is 3.49. The Morgan fingerprint density at radius 2 is 2.30 bits per heavy atom. The van der Waals surface area contributed by atoms with E-state index in [4.69, 9.17) is 0 Å². The molecule has 2 rings (SSSR count). The van der Waals surface area contributed by atoms with Crippen LogP contribution in [-0.2, 0) is 21.7 Å². The van der Waals surface area contributed by atoms with Gasteiger partial charge in [-0.2, -0.15) is 5.10 Å². The summed E-state index contributed by atoms with van der Waals surface area (Å²) in [6, 6.07) is 1.72. The van der Waals surface area contributed by atoms with Crippen molar-refractivity contribution < 1.29 is 13.2 Å². The average Bonchev–Trinajstić information content (AvgIpc) is 2.82. The van der Waals surface area contributed by atoms with Gasteiger partial charge in [0, 0.05) is 19.2 Å². The molecule has 0 aliphatic carbocycles. The molecule has 1 fully saturated rings. The maximum atomic E-state index is 12.0. The van der Waals surface area contributed by atoms with Crippen LogP contribution in [0.3, 0.4) is 0 Å². The molecular formula is C12H20N4O3S. The van der Waals surface area contributed by atoms with Gasteiger partial charge in [0.05, 0.1) is 23.7 Å². The molecule has 0 unspecified atom stereocenters. The lowest BCUT2D eigenvalue weighted by atomic mass is 10.2. The van der Waals surface area contributed by atoms with Gasteiger partial charge in [0.15, 0.2) is 9.84 Å². The van der Waals surface area contributed by atoms with Gasteiger partial charge in [0.25, 0.3) is 0 Å². The summed E-state index contributed by atoms with van der Waals surface area (Å²) in [4.78, 5) is 13.8. The third-order valence-corrected chi connectivity index (χ3v) is 5.24. The summed E-state index contributed by atoms with van der Waals surface area (Å²) in [5.74, 6) is 0.825. The fourth-order valence-corrected chi connectivity index (χ4v) is 4.19. The van der Waals surface area contributed by atoms with Crippen LogP contribution in [0.4, 0.5) is 5.82 Å². The second-order valence-corrected chi connectivity index (χ2v) is 7.54. The van der Waals surface area contributed by atoms with E-state index < -0.39 is 9.84 Å². The molecule has 8 heteroatoms. The Morgan fingerprint density at radius 1 is 1.60 bits per heavy atom. The van der Waals surface area contributed by atoms with Crippen LogP contribution in [0.25, 0.3) is 0 Å². The number of amides is 1. The van der Waals surface area contributed by atoms with Crippen molar-refractivity contribution in [1.29, 1.82) is 0 Å². The number of carbonyl (C=O) groups is 1. The summed E-state index contributed by atoms with van der Waals surface area (Å²) in [6.07, 6.45) is 0.594. The first kappa shape index (κ1) is 15.0. The van der Waals surface area contributed by atoms with E-state index in [-0.39, 0.29) is 30.0 Å². The van der Waals surface area contributed by atoms with Gasteiger partial charge in [-0.05, 0) is 20.4 Å². The SMILES string of the molecule is Cc1cc(NC(=O)CN(C)[C@@H]2CCS(=O)(=O)C2)n(C)n1. The van der Waals surface area contributed by atoms with E-state index in [0.717, 1.165) is 5.69 Å². The molecule has 20 heavy (non-hydrogen) atoms. The molecule has 1 amide bonds. The van der Waals surface area contributed by atoms with E-state index in [1.54, 1.807) is 29.7 Å². The Hall–Kier alpha value is -1.41. The van der Waals surface area contributed by atoms with E-state index in [1.807, 2.05) is 6.92 Å². The maximum absolute atomic E-state index is 12.0. The fraction of sp³-hybridized carbons (Fsp3) is 0.667. The number of aromatic nitrogens is 2. The van der Waals surface area contributed by atoms with Crippen LogP contribution in [0, 0.1) is 6.92 Å². The van der Waals surface area contributed by atoms with Gasteiger partial charge in [-0.3, -0.25) is 14.4 Å². The lowest BCUT2D eigenvalue weighted by Crippen LogP contribution is -2.38. The smallest absolute Gasteiger partial charge is 0.239 e. The lowest BCUT2D eigenvalue weighted by molar-refractivity contribution is -0.117. The summed E-state index contributed by atoms with van der Waals surface area (Å²) in [5, 5.41) is 6.93. The van der Waals surface area contributed by atoms with Crippen molar-refractivity contribution in [3.63, 3.8) is 0 Å². The number of anilines is 1. The molecule has 1 aromatic heterocycles. The Kier molecular flexibility index (Phi) is 4.14.